The highest BCUT2D eigenvalue weighted by Crippen LogP contribution is 2.26. The topological polar surface area (TPSA) is 162 Å². The van der Waals surface area contributed by atoms with Gasteiger partial charge in [-0.3, -0.25) is 24.1 Å². The quantitative estimate of drug-likeness (QED) is 0.330. The lowest BCUT2D eigenvalue weighted by Crippen LogP contribution is -2.56. The molecule has 1 unspecified atom stereocenters. The van der Waals surface area contributed by atoms with Crippen LogP contribution in [0.5, 0.6) is 5.75 Å². The number of carboxylic acids is 1. The molecule has 0 aliphatic carbocycles. The van der Waals surface area contributed by atoms with Gasteiger partial charge in [-0.1, -0.05) is 26.0 Å². The summed E-state index contributed by atoms with van der Waals surface area (Å²) in [6.07, 6.45) is -0.0316. The van der Waals surface area contributed by atoms with Gasteiger partial charge in [0.1, 0.15) is 17.5 Å². The number of carbonyl (C=O) groups is 5. The predicted octanol–water partition coefficient (Wildman–Crippen LogP) is 1.82. The van der Waals surface area contributed by atoms with Crippen molar-refractivity contribution in [2.45, 2.75) is 52.1 Å². The number of pyridine rings is 1. The fourth-order valence-electron chi connectivity index (χ4n) is 5.92. The number of likely N-dealkylation sites (tertiary alicyclic amines) is 1. The van der Waals surface area contributed by atoms with Crippen LogP contribution in [0.25, 0.3) is 10.9 Å². The zero-order valence-corrected chi connectivity index (χ0v) is 26.8. The van der Waals surface area contributed by atoms with Crippen LogP contribution in [0, 0.1) is 0 Å². The molecule has 14 heteroatoms. The van der Waals surface area contributed by atoms with E-state index in [9.17, 15) is 29.1 Å². The number of nitrogens with zero attached hydrogens (tertiary/aromatic N) is 5. The van der Waals surface area contributed by atoms with Gasteiger partial charge < -0.3 is 34.6 Å². The van der Waals surface area contributed by atoms with Crippen LogP contribution in [0.3, 0.4) is 0 Å². The van der Waals surface area contributed by atoms with Gasteiger partial charge in [-0.2, -0.15) is 0 Å². The molecule has 2 aromatic rings. The summed E-state index contributed by atoms with van der Waals surface area (Å²) >= 11 is 0. The summed E-state index contributed by atoms with van der Waals surface area (Å²) in [6.45, 7) is 10.0. The number of amides is 4. The summed E-state index contributed by atoms with van der Waals surface area (Å²) in [4.78, 5) is 75.1. The summed E-state index contributed by atoms with van der Waals surface area (Å²) < 4.78 is 11.0. The van der Waals surface area contributed by atoms with Gasteiger partial charge in [0.05, 0.1) is 12.1 Å². The molecule has 0 bridgehead atoms. The lowest BCUT2D eigenvalue weighted by molar-refractivity contribution is -0.138. The average Bonchev–Trinajstić information content (AvgIpc) is 3.55. The van der Waals surface area contributed by atoms with Gasteiger partial charge >= 0.3 is 12.1 Å². The number of piperazine rings is 1. The molecular weight excluding hydrogens is 596 g/mol. The molecule has 3 heterocycles. The third kappa shape index (κ3) is 8.62. The van der Waals surface area contributed by atoms with Gasteiger partial charge in [0.2, 0.25) is 5.91 Å². The summed E-state index contributed by atoms with van der Waals surface area (Å²) in [7, 11) is 0. The molecule has 2 fully saturated rings. The van der Waals surface area contributed by atoms with Crippen molar-refractivity contribution in [3.05, 3.63) is 36.0 Å². The maximum Gasteiger partial charge on any atom is 0.409 e. The summed E-state index contributed by atoms with van der Waals surface area (Å²) in [5.74, 6) is -2.09. The van der Waals surface area contributed by atoms with E-state index in [1.54, 1.807) is 36.1 Å². The molecule has 2 aliphatic heterocycles. The monoisotopic (exact) mass is 640 g/mol. The number of benzene rings is 1. The number of hydrogen-bond donors (Lipinski definition) is 2. The molecule has 4 amide bonds. The molecule has 4 rings (SSSR count). The van der Waals surface area contributed by atoms with Crippen LogP contribution in [0.4, 0.5) is 4.79 Å². The minimum absolute atomic E-state index is 0.0378. The largest absolute Gasteiger partial charge is 0.483 e. The van der Waals surface area contributed by atoms with E-state index < -0.39 is 29.9 Å². The Morgan fingerprint density at radius 2 is 1.70 bits per heavy atom. The number of aliphatic carboxylic acids is 1. The Labute approximate surface area is 268 Å². The van der Waals surface area contributed by atoms with E-state index in [4.69, 9.17) is 9.47 Å². The molecule has 1 aromatic carbocycles. The molecule has 2 N–H and O–H groups in total. The fourth-order valence-corrected chi connectivity index (χ4v) is 5.92. The maximum atomic E-state index is 13.5. The Morgan fingerprint density at radius 1 is 1.00 bits per heavy atom. The number of fused-ring (bicyclic) bond motifs is 1. The van der Waals surface area contributed by atoms with Crippen LogP contribution in [-0.2, 0) is 19.1 Å². The van der Waals surface area contributed by atoms with Crippen LogP contribution in [-0.4, -0.2) is 137 Å². The second-order valence-electron chi connectivity index (χ2n) is 11.3. The molecule has 2 aliphatic rings. The molecule has 0 saturated carbocycles. The number of para-hydroxylation sites is 1. The molecule has 14 nitrogen and oxygen atoms in total. The molecule has 250 valence electrons. The van der Waals surface area contributed by atoms with Crippen molar-refractivity contribution in [1.29, 1.82) is 0 Å². The smallest absolute Gasteiger partial charge is 0.409 e. The first kappa shape index (κ1) is 34.4. The van der Waals surface area contributed by atoms with E-state index in [0.29, 0.717) is 35.8 Å². The number of aromatic nitrogens is 1. The van der Waals surface area contributed by atoms with E-state index in [-0.39, 0.29) is 63.8 Å². The highest BCUT2D eigenvalue weighted by Gasteiger charge is 2.32. The van der Waals surface area contributed by atoms with Crippen molar-refractivity contribution in [3.63, 3.8) is 0 Å². The fraction of sp³-hybridized carbons (Fsp3) is 0.562. The number of carbonyl (C=O) groups excluding carboxylic acids is 4. The minimum atomic E-state index is -1.13. The van der Waals surface area contributed by atoms with Crippen LogP contribution in [0.1, 0.15) is 50.5 Å². The lowest BCUT2D eigenvalue weighted by atomic mass is 10.1. The molecule has 1 aromatic heterocycles. The van der Waals surface area contributed by atoms with Crippen molar-refractivity contribution >= 4 is 40.7 Å². The zero-order valence-electron chi connectivity index (χ0n) is 26.8. The maximum absolute atomic E-state index is 13.5. The van der Waals surface area contributed by atoms with Crippen LogP contribution in [0.15, 0.2) is 30.3 Å². The molecule has 2 saturated heterocycles. The standard InChI is InChI=1S/C32H44N6O8/c1-4-35(5-2)22-13-14-38(20-22)28(39)21-46-27-19-26(33-24-10-8-7-9-23(24)27)30(42)34-25(11-12-29(40)41)31(43)36-15-17-37(18-16-36)32(44)45-6-3/h7-10,19,22,25H,4-6,11-18,20-21H2,1-3H3,(H,34,42)(H,40,41)/t22-,25?/m0/s1. The van der Waals surface area contributed by atoms with E-state index in [1.165, 1.54) is 15.9 Å². The number of carboxylic acid groups (broad SMARTS) is 1. The van der Waals surface area contributed by atoms with E-state index in [1.807, 2.05) is 0 Å². The summed E-state index contributed by atoms with van der Waals surface area (Å²) in [5, 5.41) is 12.6. The van der Waals surface area contributed by atoms with Crippen molar-refractivity contribution in [1.82, 2.24) is 29.9 Å². The van der Waals surface area contributed by atoms with Crippen LogP contribution < -0.4 is 10.1 Å². The van der Waals surface area contributed by atoms with Gasteiger partial charge in [-0.05, 0) is 45.0 Å². The Hall–Kier alpha value is -4.46. The second-order valence-corrected chi connectivity index (χ2v) is 11.3. The third-order valence-electron chi connectivity index (χ3n) is 8.47. The normalized spacial score (nSPS) is 17.2. The van der Waals surface area contributed by atoms with Gasteiger partial charge in [-0.25, -0.2) is 9.78 Å². The van der Waals surface area contributed by atoms with E-state index in [2.05, 4.69) is 29.0 Å². The molecule has 46 heavy (non-hydrogen) atoms. The Kier molecular flexibility index (Phi) is 12.1. The second kappa shape index (κ2) is 16.2. The van der Waals surface area contributed by atoms with Gasteiger partial charge in [0.15, 0.2) is 6.61 Å². The number of likely N-dealkylation sites (N-methyl/N-ethyl adjacent to an activating group) is 1. The number of nitrogens with one attached hydrogen (secondary N) is 1. The van der Waals surface area contributed by atoms with Crippen molar-refractivity contribution in [2.75, 3.05) is 65.6 Å². The average molecular weight is 641 g/mol. The molecule has 0 spiro atoms. The van der Waals surface area contributed by atoms with Crippen molar-refractivity contribution in [2.24, 2.45) is 0 Å². The number of ether oxygens (including phenoxy) is 2. The van der Waals surface area contributed by atoms with Crippen LogP contribution in [0.2, 0.25) is 0 Å². The SMILES string of the molecule is CCOC(=O)N1CCN(C(=O)C(CCC(=O)O)NC(=O)c2cc(OCC(=O)N3CC[C@H](N(CC)CC)C3)c3ccccc3n2)CC1. The van der Waals surface area contributed by atoms with Crippen LogP contribution >= 0.6 is 0 Å². The predicted molar refractivity (Wildman–Crippen MR) is 168 cm³/mol. The number of rotatable bonds is 13. The van der Waals surface area contributed by atoms with Gasteiger partial charge in [-0.15, -0.1) is 0 Å². The van der Waals surface area contributed by atoms with Gasteiger partial charge in [0.25, 0.3) is 11.8 Å². The first-order valence-corrected chi connectivity index (χ1v) is 15.9. The van der Waals surface area contributed by atoms with E-state index in [0.717, 1.165) is 19.5 Å². The van der Waals surface area contributed by atoms with Crippen molar-refractivity contribution in [3.8, 4) is 5.75 Å². The molecular formula is C32H44N6O8. The van der Waals surface area contributed by atoms with E-state index >= 15 is 0 Å². The van der Waals surface area contributed by atoms with Crippen molar-refractivity contribution < 1.29 is 38.6 Å². The first-order valence-electron chi connectivity index (χ1n) is 15.9. The minimum Gasteiger partial charge on any atom is -0.483 e. The molecule has 2 atom stereocenters. The Bertz CT molecular complexity index is 1410. The highest BCUT2D eigenvalue weighted by molar-refractivity contribution is 5.99. The van der Waals surface area contributed by atoms with Gasteiger partial charge in [0, 0.05) is 63.2 Å². The Balaban J connectivity index is 1.46. The first-order chi connectivity index (χ1) is 22.1. The number of hydrogen-bond acceptors (Lipinski definition) is 9. The molecule has 0 radical (unpaired) electrons. The highest BCUT2D eigenvalue weighted by atomic mass is 16.6. The summed E-state index contributed by atoms with van der Waals surface area (Å²) in [6, 6.07) is 7.68. The summed E-state index contributed by atoms with van der Waals surface area (Å²) in [5.41, 5.74) is 0.424. The lowest BCUT2D eigenvalue weighted by Gasteiger charge is -2.35. The third-order valence-corrected chi connectivity index (χ3v) is 8.47. The Morgan fingerprint density at radius 3 is 2.37 bits per heavy atom. The zero-order chi connectivity index (χ0) is 33.2.